The molecule has 1 aliphatic rings. The lowest BCUT2D eigenvalue weighted by Gasteiger charge is -2.21. The third-order valence-electron chi connectivity index (χ3n) is 3.97. The monoisotopic (exact) mass is 362 g/mol. The average Bonchev–Trinajstić information content (AvgIpc) is 2.99. The highest BCUT2D eigenvalue weighted by Crippen LogP contribution is 2.20. The molecular weight excluding hydrogens is 340 g/mol. The molecule has 3 rings (SSSR count). The number of hydrogen-bond acceptors (Lipinski definition) is 8. The molecule has 9 heteroatoms. The number of anilines is 1. The molecule has 1 saturated heterocycles. The van der Waals surface area contributed by atoms with Crippen LogP contribution in [0.5, 0.6) is 5.88 Å². The van der Waals surface area contributed by atoms with Crippen molar-refractivity contribution in [2.24, 2.45) is 0 Å². The fourth-order valence-corrected chi connectivity index (χ4v) is 3.44. The summed E-state index contributed by atoms with van der Waals surface area (Å²) in [5.41, 5.74) is 0.348. The molecule has 8 nitrogen and oxygen atoms in total. The molecule has 2 aromatic rings. The van der Waals surface area contributed by atoms with Crippen LogP contribution in [0.4, 0.5) is 5.13 Å². The van der Waals surface area contributed by atoms with E-state index < -0.39 is 0 Å². The molecule has 0 atom stereocenters. The zero-order valence-electron chi connectivity index (χ0n) is 14.5. The minimum Gasteiger partial charge on any atom is -0.477 e. The largest absolute Gasteiger partial charge is 0.477 e. The molecule has 1 amide bonds. The maximum atomic E-state index is 12.7. The van der Waals surface area contributed by atoms with Gasteiger partial charge in [0.1, 0.15) is 11.5 Å². The van der Waals surface area contributed by atoms with Crippen molar-refractivity contribution in [1.82, 2.24) is 24.2 Å². The fourth-order valence-electron chi connectivity index (χ4n) is 2.64. The van der Waals surface area contributed by atoms with Gasteiger partial charge in [0.05, 0.1) is 19.0 Å². The lowest BCUT2D eigenvalue weighted by molar-refractivity contribution is 0.0760. The average molecular weight is 362 g/mol. The van der Waals surface area contributed by atoms with Gasteiger partial charge in [-0.15, -0.1) is 0 Å². The summed E-state index contributed by atoms with van der Waals surface area (Å²) >= 11 is 1.43. The molecule has 3 heterocycles. The van der Waals surface area contributed by atoms with Crippen LogP contribution >= 0.6 is 11.5 Å². The van der Waals surface area contributed by atoms with E-state index in [1.54, 1.807) is 0 Å². The van der Waals surface area contributed by atoms with Crippen molar-refractivity contribution in [1.29, 1.82) is 0 Å². The second-order valence-electron chi connectivity index (χ2n) is 5.65. The van der Waals surface area contributed by atoms with Gasteiger partial charge in [-0.2, -0.15) is 4.37 Å². The number of carbonyl (C=O) groups is 1. The molecule has 0 unspecified atom stereocenters. The highest BCUT2D eigenvalue weighted by molar-refractivity contribution is 7.09. The third-order valence-corrected chi connectivity index (χ3v) is 4.78. The Balaban J connectivity index is 1.62. The van der Waals surface area contributed by atoms with E-state index in [9.17, 15) is 4.79 Å². The molecule has 0 spiro atoms. The van der Waals surface area contributed by atoms with Gasteiger partial charge in [-0.25, -0.2) is 15.0 Å². The summed E-state index contributed by atoms with van der Waals surface area (Å²) in [6, 6.07) is 0. The molecule has 1 fully saturated rings. The van der Waals surface area contributed by atoms with E-state index >= 15 is 0 Å². The number of hydrogen-bond donors (Lipinski definition) is 0. The Kier molecular flexibility index (Phi) is 5.75. The second kappa shape index (κ2) is 8.19. The van der Waals surface area contributed by atoms with Crippen molar-refractivity contribution in [3.63, 3.8) is 0 Å². The van der Waals surface area contributed by atoms with Crippen molar-refractivity contribution >= 4 is 22.6 Å². The standard InChI is InChI=1S/C16H22N6O2S/c1-3-13-19-16(25-20-13)22-7-5-6-21(8-9-22)15(23)12-10-18-14(11-17-12)24-4-2/h10-11H,3-9H2,1-2H3. The Morgan fingerprint density at radius 2 is 2.08 bits per heavy atom. The summed E-state index contributed by atoms with van der Waals surface area (Å²) in [4.78, 5) is 29.5. The molecule has 0 bridgehead atoms. The number of nitrogens with zero attached hydrogens (tertiary/aromatic N) is 6. The summed E-state index contributed by atoms with van der Waals surface area (Å²) in [5.74, 6) is 1.22. The summed E-state index contributed by atoms with van der Waals surface area (Å²) in [6.07, 6.45) is 4.70. The van der Waals surface area contributed by atoms with Crippen molar-refractivity contribution in [3.05, 3.63) is 23.9 Å². The summed E-state index contributed by atoms with van der Waals surface area (Å²) in [7, 11) is 0. The molecule has 0 N–H and O–H groups in total. The number of rotatable bonds is 5. The first-order valence-electron chi connectivity index (χ1n) is 8.53. The van der Waals surface area contributed by atoms with E-state index in [4.69, 9.17) is 4.74 Å². The van der Waals surface area contributed by atoms with Crippen LogP contribution in [-0.4, -0.2) is 62.9 Å². The Labute approximate surface area is 151 Å². The van der Waals surface area contributed by atoms with Crippen molar-refractivity contribution < 1.29 is 9.53 Å². The number of carbonyl (C=O) groups excluding carboxylic acids is 1. The minimum absolute atomic E-state index is 0.0936. The molecule has 25 heavy (non-hydrogen) atoms. The SMILES string of the molecule is CCOc1cnc(C(=O)N2CCCN(c3nc(CC)ns3)CC2)cn1. The van der Waals surface area contributed by atoms with Crippen LogP contribution in [0.15, 0.2) is 12.4 Å². The first-order valence-corrected chi connectivity index (χ1v) is 9.30. The molecular formula is C16H22N6O2S. The molecule has 0 saturated carbocycles. The summed E-state index contributed by atoms with van der Waals surface area (Å²) < 4.78 is 9.61. The Morgan fingerprint density at radius 1 is 1.20 bits per heavy atom. The Bertz CT molecular complexity index is 705. The van der Waals surface area contributed by atoms with E-state index in [0.717, 1.165) is 36.9 Å². The molecule has 1 aliphatic heterocycles. The van der Waals surface area contributed by atoms with Gasteiger partial charge in [0, 0.05) is 44.1 Å². The maximum absolute atomic E-state index is 12.7. The lowest BCUT2D eigenvalue weighted by Crippen LogP contribution is -2.35. The molecule has 134 valence electrons. The highest BCUT2D eigenvalue weighted by atomic mass is 32.1. The van der Waals surface area contributed by atoms with E-state index in [0.29, 0.717) is 31.3 Å². The third kappa shape index (κ3) is 4.22. The predicted molar refractivity (Wildman–Crippen MR) is 95.2 cm³/mol. The number of ether oxygens (including phenoxy) is 1. The van der Waals surface area contributed by atoms with Gasteiger partial charge < -0.3 is 14.5 Å². The molecule has 2 aromatic heterocycles. The van der Waals surface area contributed by atoms with Gasteiger partial charge in [0.25, 0.3) is 5.91 Å². The van der Waals surface area contributed by atoms with Crippen LogP contribution in [0.25, 0.3) is 0 Å². The predicted octanol–water partition coefficient (Wildman–Crippen LogP) is 1.64. The van der Waals surface area contributed by atoms with E-state index in [2.05, 4.69) is 24.2 Å². The number of amides is 1. The first kappa shape index (κ1) is 17.5. The van der Waals surface area contributed by atoms with Crippen LogP contribution < -0.4 is 9.64 Å². The number of aryl methyl sites for hydroxylation is 1. The van der Waals surface area contributed by atoms with Gasteiger partial charge in [-0.3, -0.25) is 4.79 Å². The van der Waals surface area contributed by atoms with Crippen molar-refractivity contribution in [3.8, 4) is 5.88 Å². The van der Waals surface area contributed by atoms with Crippen molar-refractivity contribution in [2.45, 2.75) is 26.7 Å². The second-order valence-corrected chi connectivity index (χ2v) is 6.38. The summed E-state index contributed by atoms with van der Waals surface area (Å²) in [5, 5.41) is 0.937. The fraction of sp³-hybridized carbons (Fsp3) is 0.562. The van der Waals surface area contributed by atoms with Crippen LogP contribution in [0, 0.1) is 0 Å². The normalized spacial score (nSPS) is 15.1. The smallest absolute Gasteiger partial charge is 0.274 e. The van der Waals surface area contributed by atoms with E-state index in [1.165, 1.54) is 23.9 Å². The molecule has 0 radical (unpaired) electrons. The van der Waals surface area contributed by atoms with Gasteiger partial charge in [-0.1, -0.05) is 6.92 Å². The summed E-state index contributed by atoms with van der Waals surface area (Å²) in [6.45, 7) is 7.40. The van der Waals surface area contributed by atoms with Gasteiger partial charge in [0.15, 0.2) is 0 Å². The van der Waals surface area contributed by atoms with Crippen LogP contribution in [0.2, 0.25) is 0 Å². The minimum atomic E-state index is -0.0936. The topological polar surface area (TPSA) is 84.3 Å². The zero-order valence-corrected chi connectivity index (χ0v) is 15.3. The van der Waals surface area contributed by atoms with Crippen LogP contribution in [0.1, 0.15) is 36.6 Å². The quantitative estimate of drug-likeness (QED) is 0.799. The van der Waals surface area contributed by atoms with E-state index in [-0.39, 0.29) is 5.91 Å². The van der Waals surface area contributed by atoms with Crippen LogP contribution in [-0.2, 0) is 6.42 Å². The maximum Gasteiger partial charge on any atom is 0.274 e. The molecule has 0 aliphatic carbocycles. The lowest BCUT2D eigenvalue weighted by atomic mass is 10.3. The van der Waals surface area contributed by atoms with Crippen LogP contribution in [0.3, 0.4) is 0 Å². The van der Waals surface area contributed by atoms with Gasteiger partial charge >= 0.3 is 0 Å². The van der Waals surface area contributed by atoms with E-state index in [1.807, 2.05) is 18.7 Å². The molecule has 0 aromatic carbocycles. The number of aromatic nitrogens is 4. The first-order chi connectivity index (χ1) is 12.2. The Hall–Kier alpha value is -2.29. The Morgan fingerprint density at radius 3 is 2.76 bits per heavy atom. The zero-order chi connectivity index (χ0) is 17.6. The van der Waals surface area contributed by atoms with Gasteiger partial charge in [-0.05, 0) is 13.3 Å². The van der Waals surface area contributed by atoms with Gasteiger partial charge in [0.2, 0.25) is 11.0 Å². The highest BCUT2D eigenvalue weighted by Gasteiger charge is 2.23. The van der Waals surface area contributed by atoms with Crippen molar-refractivity contribution in [2.75, 3.05) is 37.7 Å².